The lowest BCUT2D eigenvalue weighted by atomic mass is 9.78. The Morgan fingerprint density at radius 3 is 1.85 bits per heavy atom. The van der Waals surface area contributed by atoms with Crippen LogP contribution in [0.3, 0.4) is 0 Å². The molecule has 0 amide bonds. The summed E-state index contributed by atoms with van der Waals surface area (Å²) in [6, 6.07) is 7.33. The van der Waals surface area contributed by atoms with Gasteiger partial charge in [0, 0.05) is 13.1 Å². The van der Waals surface area contributed by atoms with E-state index in [0.717, 1.165) is 0 Å². The van der Waals surface area contributed by atoms with Crippen LogP contribution in [0.15, 0.2) is 29.2 Å². The van der Waals surface area contributed by atoms with Crippen molar-refractivity contribution in [3.8, 4) is 0 Å². The highest BCUT2D eigenvalue weighted by molar-refractivity contribution is 7.89. The standard InChI is InChI=1S/C16H27NO2S/c1-7-17(8-2)20(18,19)15-11-9-14(10-12-15)13(3)16(4,5)6/h9-13H,7-8H2,1-6H3. The van der Waals surface area contributed by atoms with Crippen molar-refractivity contribution in [2.24, 2.45) is 5.41 Å². The molecule has 0 saturated carbocycles. The SMILES string of the molecule is CCN(CC)S(=O)(=O)c1ccc(C(C)C(C)(C)C)cc1. The zero-order chi connectivity index (χ0) is 15.6. The molecule has 0 heterocycles. The second kappa shape index (κ2) is 6.27. The molecule has 1 unspecified atom stereocenters. The minimum atomic E-state index is -3.35. The van der Waals surface area contributed by atoms with Crippen LogP contribution in [0.5, 0.6) is 0 Å². The van der Waals surface area contributed by atoms with E-state index < -0.39 is 10.0 Å². The van der Waals surface area contributed by atoms with E-state index in [1.807, 2.05) is 26.0 Å². The first-order valence-corrected chi connectivity index (χ1v) is 8.68. The highest BCUT2D eigenvalue weighted by Crippen LogP contribution is 2.34. The van der Waals surface area contributed by atoms with Gasteiger partial charge in [0.25, 0.3) is 0 Å². The lowest BCUT2D eigenvalue weighted by Gasteiger charge is -2.28. The predicted molar refractivity (Wildman–Crippen MR) is 84.4 cm³/mol. The maximum absolute atomic E-state index is 12.4. The Balaban J connectivity index is 3.09. The van der Waals surface area contributed by atoms with Crippen molar-refractivity contribution in [2.45, 2.75) is 52.4 Å². The lowest BCUT2D eigenvalue weighted by molar-refractivity contribution is 0.339. The van der Waals surface area contributed by atoms with Crippen molar-refractivity contribution in [1.82, 2.24) is 4.31 Å². The van der Waals surface area contributed by atoms with Gasteiger partial charge in [0.15, 0.2) is 0 Å². The Hall–Kier alpha value is -0.870. The van der Waals surface area contributed by atoms with Crippen molar-refractivity contribution in [1.29, 1.82) is 0 Å². The highest BCUT2D eigenvalue weighted by atomic mass is 32.2. The van der Waals surface area contributed by atoms with Gasteiger partial charge in [-0.3, -0.25) is 0 Å². The highest BCUT2D eigenvalue weighted by Gasteiger charge is 2.24. The lowest BCUT2D eigenvalue weighted by Crippen LogP contribution is -2.30. The van der Waals surface area contributed by atoms with E-state index in [1.165, 1.54) is 9.87 Å². The van der Waals surface area contributed by atoms with Crippen LogP contribution in [0.1, 0.15) is 53.0 Å². The molecular formula is C16H27NO2S. The Kier molecular flexibility index (Phi) is 5.39. The molecule has 0 aliphatic rings. The summed E-state index contributed by atoms with van der Waals surface area (Å²) in [4.78, 5) is 0.381. The van der Waals surface area contributed by atoms with Gasteiger partial charge in [0.2, 0.25) is 10.0 Å². The third kappa shape index (κ3) is 3.61. The van der Waals surface area contributed by atoms with E-state index in [4.69, 9.17) is 0 Å². The van der Waals surface area contributed by atoms with Crippen LogP contribution in [-0.4, -0.2) is 25.8 Å². The predicted octanol–water partition coefficient (Wildman–Crippen LogP) is 3.87. The molecule has 0 bridgehead atoms. The van der Waals surface area contributed by atoms with Gasteiger partial charge in [-0.25, -0.2) is 8.42 Å². The molecule has 0 spiro atoms. The van der Waals surface area contributed by atoms with Crippen LogP contribution < -0.4 is 0 Å². The molecule has 1 aromatic rings. The van der Waals surface area contributed by atoms with Gasteiger partial charge in [-0.15, -0.1) is 0 Å². The number of benzene rings is 1. The zero-order valence-corrected chi connectivity index (χ0v) is 14.3. The average molecular weight is 297 g/mol. The molecule has 0 saturated heterocycles. The maximum atomic E-state index is 12.4. The first kappa shape index (κ1) is 17.2. The van der Waals surface area contributed by atoms with Gasteiger partial charge < -0.3 is 0 Å². The number of nitrogens with zero attached hydrogens (tertiary/aromatic N) is 1. The van der Waals surface area contributed by atoms with Gasteiger partial charge in [-0.2, -0.15) is 4.31 Å². The van der Waals surface area contributed by atoms with Crippen LogP contribution in [0.2, 0.25) is 0 Å². The molecule has 114 valence electrons. The number of rotatable bonds is 5. The van der Waals surface area contributed by atoms with Gasteiger partial charge >= 0.3 is 0 Å². The zero-order valence-electron chi connectivity index (χ0n) is 13.5. The minimum absolute atomic E-state index is 0.166. The van der Waals surface area contributed by atoms with Gasteiger partial charge in [-0.1, -0.05) is 53.7 Å². The van der Waals surface area contributed by atoms with E-state index in [2.05, 4.69) is 27.7 Å². The maximum Gasteiger partial charge on any atom is 0.243 e. The summed E-state index contributed by atoms with van der Waals surface area (Å²) in [5, 5.41) is 0. The van der Waals surface area contributed by atoms with E-state index >= 15 is 0 Å². The molecule has 0 fully saturated rings. The van der Waals surface area contributed by atoms with E-state index in [0.29, 0.717) is 23.9 Å². The van der Waals surface area contributed by atoms with Crippen LogP contribution in [-0.2, 0) is 10.0 Å². The Bertz CT molecular complexity index is 523. The quantitative estimate of drug-likeness (QED) is 0.827. The first-order valence-electron chi connectivity index (χ1n) is 7.24. The molecule has 0 N–H and O–H groups in total. The van der Waals surface area contributed by atoms with E-state index in [-0.39, 0.29) is 5.41 Å². The van der Waals surface area contributed by atoms with Crippen LogP contribution >= 0.6 is 0 Å². The van der Waals surface area contributed by atoms with Crippen molar-refractivity contribution in [2.75, 3.05) is 13.1 Å². The molecular weight excluding hydrogens is 270 g/mol. The molecule has 1 atom stereocenters. The van der Waals surface area contributed by atoms with Crippen molar-refractivity contribution < 1.29 is 8.42 Å². The summed E-state index contributed by atoms with van der Waals surface area (Å²) in [7, 11) is -3.35. The van der Waals surface area contributed by atoms with Crippen molar-refractivity contribution in [3.63, 3.8) is 0 Å². The van der Waals surface area contributed by atoms with Gasteiger partial charge in [-0.05, 0) is 29.0 Å². The second-order valence-electron chi connectivity index (χ2n) is 6.25. The van der Waals surface area contributed by atoms with E-state index in [9.17, 15) is 8.42 Å². The fourth-order valence-electron chi connectivity index (χ4n) is 2.14. The van der Waals surface area contributed by atoms with E-state index in [1.54, 1.807) is 12.1 Å². The van der Waals surface area contributed by atoms with Crippen molar-refractivity contribution in [3.05, 3.63) is 29.8 Å². The van der Waals surface area contributed by atoms with Gasteiger partial charge in [0.1, 0.15) is 0 Å². The fraction of sp³-hybridized carbons (Fsp3) is 0.625. The minimum Gasteiger partial charge on any atom is -0.207 e. The van der Waals surface area contributed by atoms with Crippen LogP contribution in [0.25, 0.3) is 0 Å². The molecule has 0 aromatic heterocycles. The Labute approximate surface area is 124 Å². The van der Waals surface area contributed by atoms with Crippen LogP contribution in [0, 0.1) is 5.41 Å². The Morgan fingerprint density at radius 2 is 1.50 bits per heavy atom. The fourth-order valence-corrected chi connectivity index (χ4v) is 3.60. The molecule has 1 aromatic carbocycles. The summed E-state index contributed by atoms with van der Waals surface area (Å²) in [6.45, 7) is 13.5. The second-order valence-corrected chi connectivity index (χ2v) is 8.18. The third-order valence-corrected chi connectivity index (χ3v) is 6.09. The molecule has 4 heteroatoms. The molecule has 0 radical (unpaired) electrons. The number of sulfonamides is 1. The summed E-state index contributed by atoms with van der Waals surface area (Å²) in [5.41, 5.74) is 1.34. The molecule has 20 heavy (non-hydrogen) atoms. The summed E-state index contributed by atoms with van der Waals surface area (Å²) in [6.07, 6.45) is 0. The molecule has 3 nitrogen and oxygen atoms in total. The first-order chi connectivity index (χ1) is 9.14. The average Bonchev–Trinajstić information content (AvgIpc) is 2.38. The normalized spacial score (nSPS) is 14.6. The summed E-state index contributed by atoms with van der Waals surface area (Å²) >= 11 is 0. The van der Waals surface area contributed by atoms with Gasteiger partial charge in [0.05, 0.1) is 4.90 Å². The Morgan fingerprint density at radius 1 is 1.05 bits per heavy atom. The third-order valence-electron chi connectivity index (χ3n) is 4.02. The largest absolute Gasteiger partial charge is 0.243 e. The molecule has 0 aliphatic carbocycles. The monoisotopic (exact) mass is 297 g/mol. The summed E-state index contributed by atoms with van der Waals surface area (Å²) < 4.78 is 26.3. The summed E-state index contributed by atoms with van der Waals surface area (Å²) in [5.74, 6) is 0.382. The topological polar surface area (TPSA) is 37.4 Å². The number of hydrogen-bond acceptors (Lipinski definition) is 2. The smallest absolute Gasteiger partial charge is 0.207 e. The number of hydrogen-bond donors (Lipinski definition) is 0. The molecule has 0 aliphatic heterocycles. The van der Waals surface area contributed by atoms with Crippen LogP contribution in [0.4, 0.5) is 0 Å². The molecule has 1 rings (SSSR count). The van der Waals surface area contributed by atoms with Crippen molar-refractivity contribution >= 4 is 10.0 Å².